The molecule has 3 aromatic rings. The quantitative estimate of drug-likeness (QED) is 0.634. The van der Waals surface area contributed by atoms with Crippen LogP contribution in [0.25, 0.3) is 10.9 Å². The largest absolute Gasteiger partial charge is 0.445 e. The number of aliphatic hydroxyl groups is 2. The maximum Gasteiger partial charge on any atom is 0.407 e. The van der Waals surface area contributed by atoms with Crippen molar-refractivity contribution in [2.75, 3.05) is 6.54 Å². The first kappa shape index (κ1) is 17.8. The van der Waals surface area contributed by atoms with Crippen LogP contribution in [0.4, 0.5) is 4.79 Å². The Bertz CT molecular complexity index is 870. The Morgan fingerprint density at radius 1 is 1.08 bits per heavy atom. The van der Waals surface area contributed by atoms with Crippen molar-refractivity contribution in [3.05, 3.63) is 78.0 Å². The summed E-state index contributed by atoms with van der Waals surface area (Å²) in [6, 6.07) is 18.3. The van der Waals surface area contributed by atoms with Gasteiger partial charge in [-0.05, 0) is 23.3 Å². The van der Waals surface area contributed by atoms with E-state index in [9.17, 15) is 15.0 Å². The van der Waals surface area contributed by atoms with Crippen LogP contribution >= 0.6 is 0 Å². The molecule has 3 N–H and O–H groups in total. The molecular weight excluding hydrogens is 332 g/mol. The Balaban J connectivity index is 1.51. The summed E-state index contributed by atoms with van der Waals surface area (Å²) in [5.41, 5.74) is 2.13. The molecule has 6 nitrogen and oxygen atoms in total. The minimum atomic E-state index is -1.17. The molecule has 0 radical (unpaired) electrons. The molecule has 3 rings (SSSR count). The molecule has 6 heteroatoms. The summed E-state index contributed by atoms with van der Waals surface area (Å²) < 4.78 is 5.07. The van der Waals surface area contributed by atoms with Crippen molar-refractivity contribution in [1.82, 2.24) is 10.3 Å². The molecule has 0 aliphatic rings. The number of pyridine rings is 1. The van der Waals surface area contributed by atoms with Gasteiger partial charge in [0.1, 0.15) is 18.8 Å². The first-order chi connectivity index (χ1) is 12.6. The second kappa shape index (κ2) is 8.42. The van der Waals surface area contributed by atoms with Crippen molar-refractivity contribution in [2.24, 2.45) is 0 Å². The Morgan fingerprint density at radius 2 is 1.88 bits per heavy atom. The van der Waals surface area contributed by atoms with E-state index in [1.54, 1.807) is 18.3 Å². The molecule has 134 valence electrons. The van der Waals surface area contributed by atoms with E-state index in [-0.39, 0.29) is 13.2 Å². The van der Waals surface area contributed by atoms with Crippen LogP contribution in [-0.2, 0) is 11.3 Å². The molecule has 0 aliphatic heterocycles. The number of hydrogen-bond acceptors (Lipinski definition) is 5. The van der Waals surface area contributed by atoms with Crippen molar-refractivity contribution in [1.29, 1.82) is 0 Å². The van der Waals surface area contributed by atoms with Crippen molar-refractivity contribution in [3.63, 3.8) is 0 Å². The van der Waals surface area contributed by atoms with Crippen LogP contribution in [0, 0.1) is 0 Å². The highest BCUT2D eigenvalue weighted by Gasteiger charge is 2.19. The maximum atomic E-state index is 11.7. The van der Waals surface area contributed by atoms with Gasteiger partial charge in [0.05, 0.1) is 5.52 Å². The molecule has 0 fully saturated rings. The molecule has 1 amide bonds. The van der Waals surface area contributed by atoms with Gasteiger partial charge in [0, 0.05) is 18.1 Å². The highest BCUT2D eigenvalue weighted by molar-refractivity contribution is 5.79. The highest BCUT2D eigenvalue weighted by atomic mass is 16.5. The fraction of sp³-hybridized carbons (Fsp3) is 0.200. The molecule has 2 unspecified atom stereocenters. The Hall–Kier alpha value is -2.96. The zero-order valence-electron chi connectivity index (χ0n) is 14.1. The topological polar surface area (TPSA) is 91.7 Å². The molecule has 0 saturated carbocycles. The fourth-order valence-corrected chi connectivity index (χ4v) is 2.56. The lowest BCUT2D eigenvalue weighted by Gasteiger charge is -2.19. The zero-order valence-corrected chi connectivity index (χ0v) is 14.1. The van der Waals surface area contributed by atoms with E-state index in [0.717, 1.165) is 16.5 Å². The van der Waals surface area contributed by atoms with Crippen LogP contribution in [0.5, 0.6) is 0 Å². The van der Waals surface area contributed by atoms with Crippen molar-refractivity contribution >= 4 is 17.0 Å². The molecule has 26 heavy (non-hydrogen) atoms. The van der Waals surface area contributed by atoms with Gasteiger partial charge in [-0.15, -0.1) is 0 Å². The molecule has 0 saturated heterocycles. The molecule has 1 aromatic heterocycles. The average molecular weight is 352 g/mol. The molecule has 0 spiro atoms. The summed E-state index contributed by atoms with van der Waals surface area (Å²) >= 11 is 0. The van der Waals surface area contributed by atoms with Gasteiger partial charge in [0.25, 0.3) is 0 Å². The lowest BCUT2D eigenvalue weighted by molar-refractivity contribution is 0.0185. The van der Waals surface area contributed by atoms with E-state index < -0.39 is 18.3 Å². The average Bonchev–Trinajstić information content (AvgIpc) is 2.70. The molecular formula is C20H20N2O4. The Labute approximate surface area is 151 Å². The number of aromatic nitrogens is 1. The number of hydrogen-bond donors (Lipinski definition) is 3. The fourth-order valence-electron chi connectivity index (χ4n) is 2.56. The Kier molecular flexibility index (Phi) is 5.78. The highest BCUT2D eigenvalue weighted by Crippen LogP contribution is 2.21. The first-order valence-corrected chi connectivity index (χ1v) is 8.29. The summed E-state index contributed by atoms with van der Waals surface area (Å²) in [7, 11) is 0. The smallest absolute Gasteiger partial charge is 0.407 e. The van der Waals surface area contributed by atoms with Crippen LogP contribution in [0.2, 0.25) is 0 Å². The molecule has 0 bridgehead atoms. The molecule has 2 atom stereocenters. The van der Waals surface area contributed by atoms with E-state index in [1.165, 1.54) is 0 Å². The van der Waals surface area contributed by atoms with E-state index in [1.807, 2.05) is 48.5 Å². The van der Waals surface area contributed by atoms with E-state index in [4.69, 9.17) is 4.74 Å². The Morgan fingerprint density at radius 3 is 2.69 bits per heavy atom. The summed E-state index contributed by atoms with van der Waals surface area (Å²) in [5.74, 6) is 0. The van der Waals surface area contributed by atoms with Crippen molar-refractivity contribution in [2.45, 2.75) is 18.8 Å². The second-order valence-corrected chi connectivity index (χ2v) is 5.91. The summed E-state index contributed by atoms with van der Waals surface area (Å²) in [6.45, 7) is 0.0106. The lowest BCUT2D eigenvalue weighted by atomic mass is 10.0. The third-order valence-electron chi connectivity index (χ3n) is 4.00. The number of aliphatic hydroxyl groups excluding tert-OH is 2. The predicted octanol–water partition coefficient (Wildman–Crippen LogP) is 2.56. The standard InChI is InChI=1S/C20H20N2O4/c23-18(12-22-20(25)26-13-14-5-2-1-3-6-14)19(24)16-9-8-15-7-4-10-21-17(15)11-16/h1-11,18-19,23-24H,12-13H2,(H,22,25). The number of carbonyl (C=O) groups excluding carboxylic acids is 1. The molecule has 0 aliphatic carbocycles. The van der Waals surface area contributed by atoms with E-state index in [2.05, 4.69) is 10.3 Å². The molecule has 1 heterocycles. The van der Waals surface area contributed by atoms with Gasteiger partial charge < -0.3 is 20.3 Å². The van der Waals surface area contributed by atoms with Gasteiger partial charge >= 0.3 is 6.09 Å². The van der Waals surface area contributed by atoms with Crippen LogP contribution in [0.15, 0.2) is 66.9 Å². The van der Waals surface area contributed by atoms with Gasteiger partial charge in [0.15, 0.2) is 0 Å². The number of carbonyl (C=O) groups is 1. The SMILES string of the molecule is O=C(NCC(O)C(O)c1ccc2cccnc2c1)OCc1ccccc1. The minimum absolute atomic E-state index is 0.130. The number of nitrogens with one attached hydrogen (secondary N) is 1. The summed E-state index contributed by atoms with van der Waals surface area (Å²) in [5, 5.41) is 23.8. The molecule has 2 aromatic carbocycles. The van der Waals surface area contributed by atoms with Crippen LogP contribution in [0.1, 0.15) is 17.2 Å². The zero-order chi connectivity index (χ0) is 18.4. The van der Waals surface area contributed by atoms with E-state index >= 15 is 0 Å². The number of ether oxygens (including phenoxy) is 1. The van der Waals surface area contributed by atoms with Crippen LogP contribution in [-0.4, -0.2) is 33.9 Å². The van der Waals surface area contributed by atoms with Crippen LogP contribution < -0.4 is 5.32 Å². The van der Waals surface area contributed by atoms with E-state index in [0.29, 0.717) is 5.56 Å². The van der Waals surface area contributed by atoms with Gasteiger partial charge in [-0.2, -0.15) is 0 Å². The van der Waals surface area contributed by atoms with Gasteiger partial charge in [-0.25, -0.2) is 4.79 Å². The number of benzene rings is 2. The minimum Gasteiger partial charge on any atom is -0.445 e. The number of nitrogens with zero attached hydrogens (tertiary/aromatic N) is 1. The first-order valence-electron chi connectivity index (χ1n) is 8.29. The van der Waals surface area contributed by atoms with Crippen LogP contribution in [0.3, 0.4) is 0 Å². The van der Waals surface area contributed by atoms with Gasteiger partial charge in [0.2, 0.25) is 0 Å². The third kappa shape index (κ3) is 4.56. The monoisotopic (exact) mass is 352 g/mol. The summed E-state index contributed by atoms with van der Waals surface area (Å²) in [4.78, 5) is 15.9. The van der Waals surface area contributed by atoms with Crippen molar-refractivity contribution in [3.8, 4) is 0 Å². The number of rotatable bonds is 6. The van der Waals surface area contributed by atoms with Crippen molar-refractivity contribution < 1.29 is 19.7 Å². The predicted molar refractivity (Wildman–Crippen MR) is 97.3 cm³/mol. The maximum absolute atomic E-state index is 11.7. The third-order valence-corrected chi connectivity index (χ3v) is 4.00. The number of fused-ring (bicyclic) bond motifs is 1. The second-order valence-electron chi connectivity index (χ2n) is 5.91. The number of amides is 1. The summed E-state index contributed by atoms with van der Waals surface area (Å²) in [6.07, 6.45) is -1.30. The van der Waals surface area contributed by atoms with Gasteiger partial charge in [-0.3, -0.25) is 4.98 Å². The normalized spacial score (nSPS) is 13.2. The lowest BCUT2D eigenvalue weighted by Crippen LogP contribution is -2.35. The number of alkyl carbamates (subject to hydrolysis) is 1. The van der Waals surface area contributed by atoms with Gasteiger partial charge in [-0.1, -0.05) is 48.5 Å².